The first kappa shape index (κ1) is 17.7. The summed E-state index contributed by atoms with van der Waals surface area (Å²) in [5, 5.41) is 5.61. The Labute approximate surface area is 143 Å². The molecule has 0 radical (unpaired) electrons. The molecule has 5 heteroatoms. The smallest absolute Gasteiger partial charge is 0.319 e. The Balaban J connectivity index is 1.90. The van der Waals surface area contributed by atoms with E-state index in [1.807, 2.05) is 30.3 Å². The lowest BCUT2D eigenvalue weighted by Gasteiger charge is -2.12. The molecule has 0 aliphatic heterocycles. The summed E-state index contributed by atoms with van der Waals surface area (Å²) in [5.41, 5.74) is 6.96. The highest BCUT2D eigenvalue weighted by atomic mass is 16.5. The van der Waals surface area contributed by atoms with Crippen LogP contribution in [0.15, 0.2) is 48.5 Å². The van der Waals surface area contributed by atoms with Gasteiger partial charge in [0.05, 0.1) is 11.4 Å². The molecule has 4 N–H and O–H groups in total. The van der Waals surface area contributed by atoms with Gasteiger partial charge in [0.1, 0.15) is 11.5 Å². The Kier molecular flexibility index (Phi) is 6.95. The van der Waals surface area contributed by atoms with Crippen molar-refractivity contribution in [2.45, 2.75) is 32.6 Å². The average Bonchev–Trinajstić information content (AvgIpc) is 2.59. The van der Waals surface area contributed by atoms with Crippen molar-refractivity contribution < 1.29 is 9.53 Å². The Morgan fingerprint density at radius 3 is 2.58 bits per heavy atom. The number of carbonyl (C=O) groups excluding carboxylic acids is 1. The van der Waals surface area contributed by atoms with Gasteiger partial charge in [0.25, 0.3) is 0 Å². The second-order valence-electron chi connectivity index (χ2n) is 5.61. The predicted molar refractivity (Wildman–Crippen MR) is 98.5 cm³/mol. The number of ether oxygens (including phenoxy) is 1. The molecule has 0 spiro atoms. The van der Waals surface area contributed by atoms with Crippen molar-refractivity contribution in [3.8, 4) is 11.5 Å². The third kappa shape index (κ3) is 5.83. The van der Waals surface area contributed by atoms with Gasteiger partial charge in [0.15, 0.2) is 0 Å². The number of nitrogens with two attached hydrogens (primary N) is 1. The van der Waals surface area contributed by atoms with E-state index in [-0.39, 0.29) is 6.03 Å². The number of benzene rings is 2. The van der Waals surface area contributed by atoms with E-state index < -0.39 is 0 Å². The summed E-state index contributed by atoms with van der Waals surface area (Å²) in [6.45, 7) is 2.82. The first-order valence-electron chi connectivity index (χ1n) is 8.36. The number of hydrogen-bond acceptors (Lipinski definition) is 3. The first-order chi connectivity index (χ1) is 11.7. The minimum absolute atomic E-state index is 0.255. The highest BCUT2D eigenvalue weighted by molar-refractivity contribution is 5.92. The molecule has 0 aliphatic rings. The third-order valence-electron chi connectivity index (χ3n) is 3.57. The van der Waals surface area contributed by atoms with Crippen LogP contribution >= 0.6 is 0 Å². The fraction of sp³-hybridized carbons (Fsp3) is 0.316. The summed E-state index contributed by atoms with van der Waals surface area (Å²) in [6.07, 6.45) is 4.47. The number of nitrogens with one attached hydrogen (secondary N) is 2. The third-order valence-corrected chi connectivity index (χ3v) is 3.57. The van der Waals surface area contributed by atoms with Crippen molar-refractivity contribution in [1.82, 2.24) is 5.32 Å². The van der Waals surface area contributed by atoms with Gasteiger partial charge in [-0.2, -0.15) is 0 Å². The number of urea groups is 1. The van der Waals surface area contributed by atoms with Crippen molar-refractivity contribution in [3.05, 3.63) is 48.5 Å². The molecule has 24 heavy (non-hydrogen) atoms. The fourth-order valence-electron chi connectivity index (χ4n) is 2.25. The van der Waals surface area contributed by atoms with E-state index in [9.17, 15) is 4.79 Å². The molecule has 0 heterocycles. The number of rotatable bonds is 8. The minimum Gasteiger partial charge on any atom is -0.457 e. The van der Waals surface area contributed by atoms with Crippen LogP contribution in [0.3, 0.4) is 0 Å². The maximum Gasteiger partial charge on any atom is 0.319 e. The molecule has 5 nitrogen and oxygen atoms in total. The van der Waals surface area contributed by atoms with Gasteiger partial charge in [-0.3, -0.25) is 0 Å². The number of amides is 2. The molecule has 0 bridgehead atoms. The topological polar surface area (TPSA) is 76.4 Å². The molecule has 2 aromatic rings. The van der Waals surface area contributed by atoms with Gasteiger partial charge in [0.2, 0.25) is 0 Å². The van der Waals surface area contributed by atoms with Gasteiger partial charge < -0.3 is 21.1 Å². The molecular weight excluding hydrogens is 302 g/mol. The lowest BCUT2D eigenvalue weighted by Crippen LogP contribution is -2.29. The van der Waals surface area contributed by atoms with E-state index in [4.69, 9.17) is 10.5 Å². The predicted octanol–water partition coefficient (Wildman–Crippen LogP) is 4.76. The Morgan fingerprint density at radius 1 is 1.04 bits per heavy atom. The number of unbranched alkanes of at least 4 members (excludes halogenated alkanes) is 3. The number of carbonyl (C=O) groups is 1. The maximum absolute atomic E-state index is 11.9. The SMILES string of the molecule is CCCCCCNC(=O)Nc1cc(Oc2ccccc2)ccc1N. The Morgan fingerprint density at radius 2 is 1.83 bits per heavy atom. The van der Waals surface area contributed by atoms with Crippen molar-refractivity contribution in [2.24, 2.45) is 0 Å². The van der Waals surface area contributed by atoms with Crippen molar-refractivity contribution in [1.29, 1.82) is 0 Å². The summed E-state index contributed by atoms with van der Waals surface area (Å²) in [6, 6.07) is 14.4. The summed E-state index contributed by atoms with van der Waals surface area (Å²) >= 11 is 0. The van der Waals surface area contributed by atoms with Crippen LogP contribution in [-0.4, -0.2) is 12.6 Å². The maximum atomic E-state index is 11.9. The molecule has 0 saturated heterocycles. The van der Waals surface area contributed by atoms with Gasteiger partial charge in [-0.25, -0.2) is 4.79 Å². The van der Waals surface area contributed by atoms with Crippen LogP contribution < -0.4 is 21.1 Å². The first-order valence-corrected chi connectivity index (χ1v) is 8.36. The van der Waals surface area contributed by atoms with E-state index in [1.165, 1.54) is 12.8 Å². The molecule has 0 aliphatic carbocycles. The van der Waals surface area contributed by atoms with E-state index >= 15 is 0 Å². The summed E-state index contributed by atoms with van der Waals surface area (Å²) in [5.74, 6) is 1.35. The standard InChI is InChI=1S/C19H25N3O2/c1-2-3-4-8-13-21-19(23)22-18-14-16(11-12-17(18)20)24-15-9-6-5-7-10-15/h5-7,9-12,14H,2-4,8,13,20H2,1H3,(H2,21,22,23). The van der Waals surface area contributed by atoms with Crippen LogP contribution in [0, 0.1) is 0 Å². The Bertz CT molecular complexity index is 644. The minimum atomic E-state index is -0.255. The molecular formula is C19H25N3O2. The molecule has 2 aromatic carbocycles. The van der Waals surface area contributed by atoms with Crippen LogP contribution in [0.5, 0.6) is 11.5 Å². The fourth-order valence-corrected chi connectivity index (χ4v) is 2.25. The van der Waals surface area contributed by atoms with Gasteiger partial charge in [0, 0.05) is 12.6 Å². The average molecular weight is 327 g/mol. The molecule has 0 saturated carbocycles. The summed E-state index contributed by atoms with van der Waals surface area (Å²) < 4.78 is 5.75. The molecule has 128 valence electrons. The largest absolute Gasteiger partial charge is 0.457 e. The molecule has 0 unspecified atom stereocenters. The van der Waals surface area contributed by atoms with Crippen LogP contribution in [0.1, 0.15) is 32.6 Å². The number of hydrogen-bond donors (Lipinski definition) is 3. The van der Waals surface area contributed by atoms with Crippen molar-refractivity contribution in [3.63, 3.8) is 0 Å². The second kappa shape index (κ2) is 9.45. The molecule has 2 amide bonds. The zero-order valence-electron chi connectivity index (χ0n) is 14.0. The highest BCUT2D eigenvalue weighted by Crippen LogP contribution is 2.28. The van der Waals surface area contributed by atoms with E-state index in [0.29, 0.717) is 23.7 Å². The molecule has 0 aromatic heterocycles. The van der Waals surface area contributed by atoms with Gasteiger partial charge in [-0.1, -0.05) is 44.4 Å². The van der Waals surface area contributed by atoms with Crippen molar-refractivity contribution >= 4 is 17.4 Å². The highest BCUT2D eigenvalue weighted by Gasteiger charge is 2.07. The van der Waals surface area contributed by atoms with Crippen LogP contribution in [0.2, 0.25) is 0 Å². The second-order valence-corrected chi connectivity index (χ2v) is 5.61. The van der Waals surface area contributed by atoms with Gasteiger partial charge >= 0.3 is 6.03 Å². The summed E-state index contributed by atoms with van der Waals surface area (Å²) in [4.78, 5) is 11.9. The molecule has 0 atom stereocenters. The number of para-hydroxylation sites is 1. The quantitative estimate of drug-likeness (QED) is 0.483. The number of nitrogen functional groups attached to an aromatic ring is 1. The molecule has 2 rings (SSSR count). The lowest BCUT2D eigenvalue weighted by atomic mass is 10.2. The van der Waals surface area contributed by atoms with E-state index in [1.54, 1.807) is 18.2 Å². The normalized spacial score (nSPS) is 10.2. The van der Waals surface area contributed by atoms with Crippen molar-refractivity contribution in [2.75, 3.05) is 17.6 Å². The lowest BCUT2D eigenvalue weighted by molar-refractivity contribution is 0.252. The Hall–Kier alpha value is -2.69. The zero-order chi connectivity index (χ0) is 17.2. The number of anilines is 2. The van der Waals surface area contributed by atoms with Crippen LogP contribution in [-0.2, 0) is 0 Å². The van der Waals surface area contributed by atoms with Crippen LogP contribution in [0.25, 0.3) is 0 Å². The van der Waals surface area contributed by atoms with Crippen LogP contribution in [0.4, 0.5) is 16.2 Å². The molecule has 0 fully saturated rings. The van der Waals surface area contributed by atoms with Gasteiger partial charge in [-0.15, -0.1) is 0 Å². The summed E-state index contributed by atoms with van der Waals surface area (Å²) in [7, 11) is 0. The van der Waals surface area contributed by atoms with E-state index in [0.717, 1.165) is 18.6 Å². The zero-order valence-corrected chi connectivity index (χ0v) is 14.0. The van der Waals surface area contributed by atoms with Gasteiger partial charge in [-0.05, 0) is 30.7 Å². The van der Waals surface area contributed by atoms with E-state index in [2.05, 4.69) is 17.6 Å². The monoisotopic (exact) mass is 327 g/mol.